The number of rotatable bonds is 1. The van der Waals surface area contributed by atoms with E-state index in [9.17, 15) is 5.11 Å². The molecule has 0 aromatic rings. The summed E-state index contributed by atoms with van der Waals surface area (Å²) in [7, 11) is 0. The Kier molecular flexibility index (Phi) is 3.03. The fourth-order valence-electron chi connectivity index (χ4n) is 1.48. The van der Waals surface area contributed by atoms with E-state index in [1.807, 2.05) is 0 Å². The molecule has 0 aromatic heterocycles. The molecule has 1 aliphatic carbocycles. The zero-order chi connectivity index (χ0) is 9.30. The van der Waals surface area contributed by atoms with Gasteiger partial charge in [-0.3, -0.25) is 0 Å². The average molecular weight is 178 g/mol. The quantitative estimate of drug-likeness (QED) is 0.304. The zero-order valence-electron chi connectivity index (χ0n) is 6.54. The van der Waals surface area contributed by atoms with Crippen molar-refractivity contribution in [2.45, 2.75) is 30.8 Å². The van der Waals surface area contributed by atoms with E-state index in [1.165, 1.54) is 0 Å². The molecule has 0 saturated heterocycles. The first kappa shape index (κ1) is 9.88. The van der Waals surface area contributed by atoms with E-state index in [-0.39, 0.29) is 13.0 Å². The van der Waals surface area contributed by atoms with Gasteiger partial charge in [0, 0.05) is 12.5 Å². The van der Waals surface area contributed by atoms with Gasteiger partial charge in [-0.25, -0.2) is 0 Å². The van der Waals surface area contributed by atoms with Crippen molar-refractivity contribution in [1.82, 2.24) is 0 Å². The van der Waals surface area contributed by atoms with Crippen molar-refractivity contribution in [3.63, 3.8) is 0 Å². The number of hydrogen-bond donors (Lipinski definition) is 5. The summed E-state index contributed by atoms with van der Waals surface area (Å²) in [6.45, 7) is -0.304. The maximum Gasteiger partial charge on any atom is 0.109 e. The fraction of sp³-hybridized carbons (Fsp3) is 1.00. The summed E-state index contributed by atoms with van der Waals surface area (Å²) >= 11 is 0. The van der Waals surface area contributed by atoms with Crippen molar-refractivity contribution >= 4 is 0 Å². The van der Waals surface area contributed by atoms with Crippen molar-refractivity contribution in [1.29, 1.82) is 0 Å². The van der Waals surface area contributed by atoms with Gasteiger partial charge in [-0.05, 0) is 6.42 Å². The molecule has 5 nitrogen and oxygen atoms in total. The molecular formula is C7H14O5. The van der Waals surface area contributed by atoms with E-state index >= 15 is 0 Å². The highest BCUT2D eigenvalue weighted by molar-refractivity contribution is 4.91. The summed E-state index contributed by atoms with van der Waals surface area (Å²) < 4.78 is 0. The lowest BCUT2D eigenvalue weighted by molar-refractivity contribution is -0.163. The minimum Gasteiger partial charge on any atom is -0.396 e. The summed E-state index contributed by atoms with van der Waals surface area (Å²) in [5.41, 5.74) is 0. The van der Waals surface area contributed by atoms with Crippen LogP contribution in [0, 0.1) is 5.92 Å². The maximum atomic E-state index is 9.24. The number of aliphatic hydroxyl groups excluding tert-OH is 5. The second-order valence-electron chi connectivity index (χ2n) is 3.22. The third-order valence-electron chi connectivity index (χ3n) is 2.36. The van der Waals surface area contributed by atoms with Gasteiger partial charge in [0.05, 0.1) is 12.2 Å². The molecule has 0 aliphatic heterocycles. The van der Waals surface area contributed by atoms with E-state index in [1.54, 1.807) is 0 Å². The molecule has 0 heterocycles. The summed E-state index contributed by atoms with van der Waals surface area (Å²) in [6, 6.07) is 0. The number of hydrogen-bond acceptors (Lipinski definition) is 5. The Labute approximate surface area is 69.9 Å². The molecule has 5 N–H and O–H groups in total. The van der Waals surface area contributed by atoms with Crippen LogP contribution >= 0.6 is 0 Å². The molecule has 5 heteroatoms. The van der Waals surface area contributed by atoms with Crippen molar-refractivity contribution < 1.29 is 25.5 Å². The van der Waals surface area contributed by atoms with Crippen molar-refractivity contribution in [3.05, 3.63) is 0 Å². The molecule has 5 atom stereocenters. The molecule has 72 valence electrons. The third kappa shape index (κ3) is 1.60. The Balaban J connectivity index is 2.63. The number of aliphatic hydroxyl groups is 5. The molecule has 1 saturated carbocycles. The van der Waals surface area contributed by atoms with Crippen LogP contribution in [0.4, 0.5) is 0 Å². The highest BCUT2D eigenvalue weighted by atomic mass is 16.4. The Bertz CT molecular complexity index is 146. The molecular weight excluding hydrogens is 164 g/mol. The van der Waals surface area contributed by atoms with Crippen LogP contribution in [0.1, 0.15) is 6.42 Å². The van der Waals surface area contributed by atoms with Crippen LogP contribution in [0.15, 0.2) is 0 Å². The van der Waals surface area contributed by atoms with Gasteiger partial charge in [-0.15, -0.1) is 0 Å². The van der Waals surface area contributed by atoms with E-state index in [2.05, 4.69) is 0 Å². The second-order valence-corrected chi connectivity index (χ2v) is 3.22. The zero-order valence-corrected chi connectivity index (χ0v) is 6.54. The van der Waals surface area contributed by atoms with Gasteiger partial charge in [-0.1, -0.05) is 0 Å². The summed E-state index contributed by atoms with van der Waals surface area (Å²) in [5, 5.41) is 45.3. The standard InChI is InChI=1S/C7H14O5/c8-2-3-1-4(9)6(11)7(12)5(3)10/h3-12H,1-2H2/t3-,4-,5-,6-,7+/m1/s1. The molecule has 0 bridgehead atoms. The van der Waals surface area contributed by atoms with E-state index in [0.717, 1.165) is 0 Å². The van der Waals surface area contributed by atoms with E-state index < -0.39 is 30.3 Å². The largest absolute Gasteiger partial charge is 0.396 e. The molecule has 1 rings (SSSR count). The molecule has 0 unspecified atom stereocenters. The Morgan fingerprint density at radius 3 is 2.00 bits per heavy atom. The van der Waals surface area contributed by atoms with Gasteiger partial charge in [0.15, 0.2) is 0 Å². The Morgan fingerprint density at radius 1 is 0.917 bits per heavy atom. The summed E-state index contributed by atoms with van der Waals surface area (Å²) in [6.07, 6.45) is -4.81. The average Bonchev–Trinajstić information content (AvgIpc) is 2.08. The van der Waals surface area contributed by atoms with Crippen molar-refractivity contribution in [2.75, 3.05) is 6.61 Å². The first-order chi connectivity index (χ1) is 5.57. The van der Waals surface area contributed by atoms with Gasteiger partial charge < -0.3 is 25.5 Å². The lowest BCUT2D eigenvalue weighted by atomic mass is 9.81. The molecule has 1 fully saturated rings. The molecule has 12 heavy (non-hydrogen) atoms. The lowest BCUT2D eigenvalue weighted by Gasteiger charge is -2.37. The van der Waals surface area contributed by atoms with Crippen LogP contribution in [0.25, 0.3) is 0 Å². The normalized spacial score (nSPS) is 49.2. The van der Waals surface area contributed by atoms with Crippen LogP contribution in [0.2, 0.25) is 0 Å². The molecule has 0 spiro atoms. The topological polar surface area (TPSA) is 101 Å². The maximum absolute atomic E-state index is 9.24. The fourth-order valence-corrected chi connectivity index (χ4v) is 1.48. The Hall–Kier alpha value is -0.200. The predicted octanol–water partition coefficient (Wildman–Crippen LogP) is -2.56. The van der Waals surface area contributed by atoms with Gasteiger partial charge in [0.2, 0.25) is 0 Å². The lowest BCUT2D eigenvalue weighted by Crippen LogP contribution is -2.54. The third-order valence-corrected chi connectivity index (χ3v) is 2.36. The highest BCUT2D eigenvalue weighted by Crippen LogP contribution is 2.25. The Morgan fingerprint density at radius 2 is 1.50 bits per heavy atom. The minimum absolute atomic E-state index is 0.107. The van der Waals surface area contributed by atoms with Crippen LogP contribution < -0.4 is 0 Å². The first-order valence-corrected chi connectivity index (χ1v) is 3.91. The molecule has 0 radical (unpaired) electrons. The summed E-state index contributed by atoms with van der Waals surface area (Å²) in [5.74, 6) is -0.557. The predicted molar refractivity (Wildman–Crippen MR) is 39.2 cm³/mol. The van der Waals surface area contributed by atoms with E-state index in [0.29, 0.717) is 0 Å². The van der Waals surface area contributed by atoms with E-state index in [4.69, 9.17) is 20.4 Å². The van der Waals surface area contributed by atoms with Gasteiger partial charge in [-0.2, -0.15) is 0 Å². The second kappa shape index (κ2) is 3.68. The molecule has 0 amide bonds. The van der Waals surface area contributed by atoms with Gasteiger partial charge in [0.1, 0.15) is 12.2 Å². The molecule has 0 aromatic carbocycles. The van der Waals surface area contributed by atoms with Gasteiger partial charge in [0.25, 0.3) is 0 Å². The monoisotopic (exact) mass is 178 g/mol. The van der Waals surface area contributed by atoms with Crippen LogP contribution in [0.3, 0.4) is 0 Å². The van der Waals surface area contributed by atoms with Gasteiger partial charge >= 0.3 is 0 Å². The SMILES string of the molecule is OC[C@H]1C[C@@H](O)[C@@H](O)[C@@H](O)[C@@H]1O. The molecule has 1 aliphatic rings. The van der Waals surface area contributed by atoms with Crippen LogP contribution in [-0.2, 0) is 0 Å². The smallest absolute Gasteiger partial charge is 0.109 e. The first-order valence-electron chi connectivity index (χ1n) is 3.91. The minimum atomic E-state index is -1.37. The van der Waals surface area contributed by atoms with Crippen LogP contribution in [-0.4, -0.2) is 56.6 Å². The van der Waals surface area contributed by atoms with Crippen LogP contribution in [0.5, 0.6) is 0 Å². The van der Waals surface area contributed by atoms with Crippen molar-refractivity contribution in [3.8, 4) is 0 Å². The summed E-state index contributed by atoms with van der Waals surface area (Å²) in [4.78, 5) is 0. The van der Waals surface area contributed by atoms with Crippen molar-refractivity contribution in [2.24, 2.45) is 5.92 Å². The highest BCUT2D eigenvalue weighted by Gasteiger charge is 2.41.